The Kier molecular flexibility index (Phi) is 7.90. The third kappa shape index (κ3) is 6.73. The lowest BCUT2D eigenvalue weighted by molar-refractivity contribution is -0.142. The predicted molar refractivity (Wildman–Crippen MR) is 105 cm³/mol. The first-order valence-corrected chi connectivity index (χ1v) is 8.94. The minimum absolute atomic E-state index is 0.344. The zero-order valence-electron chi connectivity index (χ0n) is 14.7. The number of rotatable bonds is 8. The average Bonchev–Trinajstić information content (AvgIpc) is 2.65. The summed E-state index contributed by atoms with van der Waals surface area (Å²) in [6.45, 7) is 1.81. The number of nitrogens with one attached hydrogen (secondary N) is 1. The molecule has 0 atom stereocenters. The summed E-state index contributed by atoms with van der Waals surface area (Å²) in [4.78, 5) is 23.6. The number of amides is 1. The van der Waals surface area contributed by atoms with Gasteiger partial charge in [0.25, 0.3) is 5.91 Å². The molecule has 26 heavy (non-hydrogen) atoms. The molecule has 2 rings (SSSR count). The molecule has 0 aliphatic carbocycles. The minimum Gasteiger partial charge on any atom is -0.452 e. The molecule has 0 unspecified atom stereocenters. The second-order valence-corrected chi connectivity index (χ2v) is 6.22. The van der Waals surface area contributed by atoms with Crippen LogP contribution in [0.2, 0.25) is 5.02 Å². The van der Waals surface area contributed by atoms with Crippen molar-refractivity contribution in [3.05, 3.63) is 70.8 Å². The van der Waals surface area contributed by atoms with Crippen molar-refractivity contribution in [2.75, 3.05) is 11.9 Å². The first kappa shape index (κ1) is 19.7. The largest absolute Gasteiger partial charge is 0.452 e. The van der Waals surface area contributed by atoms with Crippen LogP contribution in [-0.4, -0.2) is 18.5 Å². The molecule has 0 heterocycles. The van der Waals surface area contributed by atoms with Gasteiger partial charge in [-0.15, -0.1) is 0 Å². The lowest BCUT2D eigenvalue weighted by Crippen LogP contribution is -2.20. The van der Waals surface area contributed by atoms with Gasteiger partial charge in [0.05, 0.1) is 0 Å². The van der Waals surface area contributed by atoms with Gasteiger partial charge in [-0.05, 0) is 48.2 Å². The first-order valence-electron chi connectivity index (χ1n) is 8.56. The van der Waals surface area contributed by atoms with E-state index in [0.29, 0.717) is 16.3 Å². The summed E-state index contributed by atoms with van der Waals surface area (Å²) in [6, 6.07) is 14.8. The number of carbonyl (C=O) groups excluding carboxylic acids is 2. The van der Waals surface area contributed by atoms with Crippen LogP contribution in [0.3, 0.4) is 0 Å². The lowest BCUT2D eigenvalue weighted by atomic mass is 10.1. The van der Waals surface area contributed by atoms with Crippen LogP contribution in [0.5, 0.6) is 0 Å². The van der Waals surface area contributed by atoms with Gasteiger partial charge in [0, 0.05) is 16.8 Å². The Bertz CT molecular complexity index is 769. The van der Waals surface area contributed by atoms with Crippen LogP contribution in [0.15, 0.2) is 54.6 Å². The van der Waals surface area contributed by atoms with Crippen molar-refractivity contribution in [3.8, 4) is 0 Å². The molecule has 0 spiro atoms. The van der Waals surface area contributed by atoms with Crippen LogP contribution in [-0.2, 0) is 20.7 Å². The van der Waals surface area contributed by atoms with Gasteiger partial charge in [0.1, 0.15) is 0 Å². The molecule has 1 N–H and O–H groups in total. The van der Waals surface area contributed by atoms with Crippen LogP contribution in [0.4, 0.5) is 5.69 Å². The summed E-state index contributed by atoms with van der Waals surface area (Å²) in [5.74, 6) is -0.985. The van der Waals surface area contributed by atoms with Gasteiger partial charge in [-0.3, -0.25) is 4.79 Å². The van der Waals surface area contributed by atoms with E-state index in [-0.39, 0.29) is 12.5 Å². The van der Waals surface area contributed by atoms with Gasteiger partial charge >= 0.3 is 5.97 Å². The zero-order valence-corrected chi connectivity index (χ0v) is 15.5. The van der Waals surface area contributed by atoms with E-state index in [2.05, 4.69) is 12.2 Å². The molecule has 2 aromatic carbocycles. The molecule has 0 saturated carbocycles. The third-order valence-corrected chi connectivity index (χ3v) is 4.05. The van der Waals surface area contributed by atoms with E-state index in [1.807, 2.05) is 30.3 Å². The highest BCUT2D eigenvalue weighted by Gasteiger charge is 2.06. The highest BCUT2D eigenvalue weighted by molar-refractivity contribution is 6.32. The van der Waals surface area contributed by atoms with Crippen LogP contribution in [0.1, 0.15) is 30.9 Å². The summed E-state index contributed by atoms with van der Waals surface area (Å²) < 4.78 is 4.93. The quantitative estimate of drug-likeness (QED) is 0.531. The average molecular weight is 372 g/mol. The molecule has 0 aliphatic heterocycles. The van der Waals surface area contributed by atoms with Crippen LogP contribution < -0.4 is 5.32 Å². The van der Waals surface area contributed by atoms with E-state index >= 15 is 0 Å². The van der Waals surface area contributed by atoms with Crippen molar-refractivity contribution in [2.24, 2.45) is 0 Å². The maximum atomic E-state index is 11.9. The van der Waals surface area contributed by atoms with Gasteiger partial charge in [-0.2, -0.15) is 0 Å². The summed E-state index contributed by atoms with van der Waals surface area (Å²) in [5, 5.41) is 3.24. The normalized spacial score (nSPS) is 10.7. The molecule has 1 amide bonds. The number of carbonyl (C=O) groups is 2. The summed E-state index contributed by atoms with van der Waals surface area (Å²) in [6.07, 6.45) is 6.12. The Morgan fingerprint density at radius 3 is 2.54 bits per heavy atom. The monoisotopic (exact) mass is 371 g/mol. The first-order chi connectivity index (χ1) is 12.6. The third-order valence-electron chi connectivity index (χ3n) is 3.71. The van der Waals surface area contributed by atoms with E-state index in [9.17, 15) is 9.59 Å². The molecule has 136 valence electrons. The van der Waals surface area contributed by atoms with Gasteiger partial charge < -0.3 is 10.1 Å². The highest BCUT2D eigenvalue weighted by atomic mass is 35.5. The van der Waals surface area contributed by atoms with Crippen molar-refractivity contribution in [1.29, 1.82) is 0 Å². The number of ether oxygens (including phenoxy) is 1. The number of halogens is 1. The molecular weight excluding hydrogens is 350 g/mol. The molecule has 5 heteroatoms. The number of anilines is 1. The molecule has 0 aliphatic rings. The highest BCUT2D eigenvalue weighted by Crippen LogP contribution is 2.16. The van der Waals surface area contributed by atoms with Crippen LogP contribution in [0, 0.1) is 0 Å². The summed E-state index contributed by atoms with van der Waals surface area (Å²) >= 11 is 6.00. The summed E-state index contributed by atoms with van der Waals surface area (Å²) in [7, 11) is 0. The second kappa shape index (κ2) is 10.4. The van der Waals surface area contributed by atoms with E-state index < -0.39 is 5.97 Å². The number of aryl methyl sites for hydroxylation is 1. The van der Waals surface area contributed by atoms with Gasteiger partial charge in [-0.25, -0.2) is 4.79 Å². The molecule has 0 aromatic heterocycles. The number of hydrogen-bond acceptors (Lipinski definition) is 3. The predicted octanol–water partition coefficient (Wildman–Crippen LogP) is 4.88. The van der Waals surface area contributed by atoms with Crippen molar-refractivity contribution in [1.82, 2.24) is 0 Å². The Balaban J connectivity index is 1.77. The van der Waals surface area contributed by atoms with Gasteiger partial charge in [0.15, 0.2) is 6.61 Å². The summed E-state index contributed by atoms with van der Waals surface area (Å²) in [5.41, 5.74) is 2.62. The number of unbranched alkanes of at least 4 members (excludes halogenated alkanes) is 1. The fourth-order valence-electron chi connectivity index (χ4n) is 2.29. The van der Waals surface area contributed by atoms with Crippen molar-refractivity contribution in [3.63, 3.8) is 0 Å². The van der Waals surface area contributed by atoms with E-state index in [1.54, 1.807) is 24.3 Å². The Morgan fingerprint density at radius 1 is 1.12 bits per heavy atom. The fraction of sp³-hybridized carbons (Fsp3) is 0.238. The smallest absolute Gasteiger partial charge is 0.331 e. The number of hydrogen-bond donors (Lipinski definition) is 1. The lowest BCUT2D eigenvalue weighted by Gasteiger charge is -2.06. The zero-order chi connectivity index (χ0) is 18.8. The molecule has 0 bridgehead atoms. The fourth-order valence-corrected chi connectivity index (χ4v) is 2.48. The SMILES string of the molecule is CCCCc1ccc(NC(=O)COC(=O)/C=C/c2ccccc2Cl)cc1. The second-order valence-electron chi connectivity index (χ2n) is 5.81. The van der Waals surface area contributed by atoms with Crippen molar-refractivity contribution >= 4 is 35.2 Å². The van der Waals surface area contributed by atoms with Crippen molar-refractivity contribution in [2.45, 2.75) is 26.2 Å². The standard InChI is InChI=1S/C21H22ClNO3/c1-2-3-6-16-9-12-18(13-10-16)23-20(24)15-26-21(25)14-11-17-7-4-5-8-19(17)22/h4-5,7-14H,2-3,6,15H2,1H3,(H,23,24)/b14-11+. The Morgan fingerprint density at radius 2 is 1.85 bits per heavy atom. The Labute approximate surface area is 158 Å². The van der Waals surface area contributed by atoms with Gasteiger partial charge in [-0.1, -0.05) is 55.3 Å². The molecular formula is C21H22ClNO3. The topological polar surface area (TPSA) is 55.4 Å². The van der Waals surface area contributed by atoms with E-state index in [1.165, 1.54) is 11.6 Å². The van der Waals surface area contributed by atoms with E-state index in [0.717, 1.165) is 19.3 Å². The van der Waals surface area contributed by atoms with Crippen LogP contribution in [0.25, 0.3) is 6.08 Å². The molecule has 0 radical (unpaired) electrons. The maximum absolute atomic E-state index is 11.9. The van der Waals surface area contributed by atoms with E-state index in [4.69, 9.17) is 16.3 Å². The van der Waals surface area contributed by atoms with Crippen LogP contribution >= 0.6 is 11.6 Å². The van der Waals surface area contributed by atoms with Crippen molar-refractivity contribution < 1.29 is 14.3 Å². The Hall–Kier alpha value is -2.59. The number of benzene rings is 2. The molecule has 0 fully saturated rings. The minimum atomic E-state index is -0.602. The molecule has 4 nitrogen and oxygen atoms in total. The molecule has 2 aromatic rings. The molecule has 0 saturated heterocycles. The maximum Gasteiger partial charge on any atom is 0.331 e. The number of esters is 1. The van der Waals surface area contributed by atoms with Gasteiger partial charge in [0.2, 0.25) is 0 Å².